The van der Waals surface area contributed by atoms with E-state index in [-0.39, 0.29) is 24.3 Å². The highest BCUT2D eigenvalue weighted by molar-refractivity contribution is 5.97. The molecule has 0 bridgehead atoms. The van der Waals surface area contributed by atoms with Crippen LogP contribution in [0.15, 0.2) is 84.9 Å². The van der Waals surface area contributed by atoms with E-state index in [1.54, 1.807) is 22.9 Å². The smallest absolute Gasteiger partial charge is 0.315 e. The van der Waals surface area contributed by atoms with Crippen LogP contribution >= 0.6 is 0 Å². The van der Waals surface area contributed by atoms with Gasteiger partial charge in [-0.3, -0.25) is 4.79 Å². The molecule has 2 N–H and O–H groups in total. The first-order chi connectivity index (χ1) is 17.9. The summed E-state index contributed by atoms with van der Waals surface area (Å²) in [5.74, 6) is -0.307. The molecule has 7 nitrogen and oxygen atoms in total. The molecule has 3 aromatic carbocycles. The Kier molecular flexibility index (Phi) is 8.30. The molecule has 0 aliphatic rings. The zero-order valence-corrected chi connectivity index (χ0v) is 20.9. The van der Waals surface area contributed by atoms with Gasteiger partial charge in [0.05, 0.1) is 11.4 Å². The van der Waals surface area contributed by atoms with Crippen molar-refractivity contribution in [1.82, 2.24) is 14.7 Å². The van der Waals surface area contributed by atoms with E-state index in [1.807, 2.05) is 68.4 Å². The van der Waals surface area contributed by atoms with Gasteiger partial charge in [0, 0.05) is 23.9 Å². The number of benzene rings is 3. The summed E-state index contributed by atoms with van der Waals surface area (Å²) in [4.78, 5) is 27.6. The number of hydrogen-bond donors (Lipinski definition) is 2. The largest absolute Gasteiger partial charge is 0.322 e. The van der Waals surface area contributed by atoms with Crippen molar-refractivity contribution in [3.05, 3.63) is 96.3 Å². The van der Waals surface area contributed by atoms with Crippen molar-refractivity contribution >= 4 is 23.4 Å². The maximum atomic E-state index is 13.5. The lowest BCUT2D eigenvalue weighted by Gasteiger charge is -2.22. The molecule has 0 unspecified atom stereocenters. The molecule has 4 aromatic rings. The van der Waals surface area contributed by atoms with Crippen LogP contribution in [-0.2, 0) is 4.79 Å². The Morgan fingerprint density at radius 3 is 2.32 bits per heavy atom. The summed E-state index contributed by atoms with van der Waals surface area (Å²) in [6.07, 6.45) is 1.65. The maximum Gasteiger partial charge on any atom is 0.322 e. The quantitative estimate of drug-likeness (QED) is 0.285. The summed E-state index contributed by atoms with van der Waals surface area (Å²) in [7, 11) is 0. The second-order valence-electron chi connectivity index (χ2n) is 8.79. The molecule has 3 amide bonds. The highest BCUT2D eigenvalue weighted by Crippen LogP contribution is 2.25. The first-order valence-electron chi connectivity index (χ1n) is 12.3. The van der Waals surface area contributed by atoms with Gasteiger partial charge in [-0.05, 0) is 49.7 Å². The summed E-state index contributed by atoms with van der Waals surface area (Å²) in [6, 6.07) is 24.3. The van der Waals surface area contributed by atoms with Crippen molar-refractivity contribution in [2.24, 2.45) is 0 Å². The van der Waals surface area contributed by atoms with E-state index in [2.05, 4.69) is 15.7 Å². The molecule has 4 rings (SSSR count). The first-order valence-corrected chi connectivity index (χ1v) is 12.3. The van der Waals surface area contributed by atoms with E-state index < -0.39 is 0 Å². The number of nitrogens with zero attached hydrogens (tertiary/aromatic N) is 3. The van der Waals surface area contributed by atoms with E-state index in [4.69, 9.17) is 0 Å². The fourth-order valence-electron chi connectivity index (χ4n) is 3.80. The number of rotatable bonds is 9. The number of aryl methyl sites for hydroxylation is 1. The van der Waals surface area contributed by atoms with Gasteiger partial charge in [-0.25, -0.2) is 13.9 Å². The number of anilines is 2. The summed E-state index contributed by atoms with van der Waals surface area (Å²) in [6.45, 7) is 4.31. The van der Waals surface area contributed by atoms with Crippen molar-refractivity contribution in [1.29, 1.82) is 0 Å². The predicted molar refractivity (Wildman–Crippen MR) is 144 cm³/mol. The van der Waals surface area contributed by atoms with Crippen molar-refractivity contribution in [2.75, 3.05) is 23.7 Å². The fourth-order valence-corrected chi connectivity index (χ4v) is 3.80. The average Bonchev–Trinajstić information content (AvgIpc) is 3.32. The number of unbranched alkanes of at least 4 members (excludes halogenated alkanes) is 1. The van der Waals surface area contributed by atoms with Crippen LogP contribution in [0.3, 0.4) is 0 Å². The minimum atomic E-state index is -0.365. The lowest BCUT2D eigenvalue weighted by Crippen LogP contribution is -2.41. The molecule has 190 valence electrons. The van der Waals surface area contributed by atoms with Crippen LogP contribution in [0.25, 0.3) is 16.9 Å². The monoisotopic (exact) mass is 499 g/mol. The Morgan fingerprint density at radius 1 is 0.946 bits per heavy atom. The Labute approximate surface area is 215 Å². The van der Waals surface area contributed by atoms with E-state index in [0.717, 1.165) is 24.0 Å². The van der Waals surface area contributed by atoms with Crippen LogP contribution < -0.4 is 10.6 Å². The first kappa shape index (κ1) is 25.6. The van der Waals surface area contributed by atoms with Gasteiger partial charge < -0.3 is 15.5 Å². The number of nitrogens with one attached hydrogen (secondary N) is 2. The van der Waals surface area contributed by atoms with Crippen LogP contribution in [0.2, 0.25) is 0 Å². The Morgan fingerprint density at radius 2 is 1.65 bits per heavy atom. The summed E-state index contributed by atoms with van der Waals surface area (Å²) >= 11 is 0. The van der Waals surface area contributed by atoms with E-state index in [1.165, 1.54) is 17.0 Å². The summed E-state index contributed by atoms with van der Waals surface area (Å²) in [5, 5.41) is 10.4. The van der Waals surface area contributed by atoms with Gasteiger partial charge in [-0.15, -0.1) is 0 Å². The maximum absolute atomic E-state index is 13.5. The van der Waals surface area contributed by atoms with Crippen molar-refractivity contribution in [2.45, 2.75) is 26.7 Å². The molecule has 0 saturated heterocycles. The van der Waals surface area contributed by atoms with Crippen LogP contribution in [0.4, 0.5) is 20.7 Å². The van der Waals surface area contributed by atoms with Gasteiger partial charge in [0.2, 0.25) is 5.91 Å². The lowest BCUT2D eigenvalue weighted by atomic mass is 10.1. The fraction of sp³-hybridized carbons (Fsp3) is 0.207. The second kappa shape index (κ2) is 12.0. The van der Waals surface area contributed by atoms with Crippen LogP contribution in [0.1, 0.15) is 25.3 Å². The van der Waals surface area contributed by atoms with Crippen molar-refractivity contribution in [3.8, 4) is 16.9 Å². The molecular weight excluding hydrogens is 469 g/mol. The Bertz CT molecular complexity index is 1340. The third kappa shape index (κ3) is 6.82. The van der Waals surface area contributed by atoms with Crippen molar-refractivity contribution in [3.63, 3.8) is 0 Å². The summed E-state index contributed by atoms with van der Waals surface area (Å²) in [5.41, 5.74) is 3.88. The number of amides is 3. The molecule has 37 heavy (non-hydrogen) atoms. The topological polar surface area (TPSA) is 79.3 Å². The zero-order chi connectivity index (χ0) is 26.2. The molecule has 0 aliphatic heterocycles. The number of carbonyl (C=O) groups is 2. The van der Waals surface area contributed by atoms with Gasteiger partial charge in [0.15, 0.2) is 0 Å². The van der Waals surface area contributed by atoms with Gasteiger partial charge >= 0.3 is 6.03 Å². The molecule has 0 fully saturated rings. The predicted octanol–water partition coefficient (Wildman–Crippen LogP) is 6.26. The van der Waals surface area contributed by atoms with Crippen LogP contribution in [0.5, 0.6) is 0 Å². The molecule has 8 heteroatoms. The van der Waals surface area contributed by atoms with Gasteiger partial charge in [0.25, 0.3) is 0 Å². The minimum absolute atomic E-state index is 0.132. The highest BCUT2D eigenvalue weighted by atomic mass is 19.1. The van der Waals surface area contributed by atoms with E-state index >= 15 is 0 Å². The van der Waals surface area contributed by atoms with Gasteiger partial charge in [-0.2, -0.15) is 5.10 Å². The summed E-state index contributed by atoms with van der Waals surface area (Å²) < 4.78 is 15.1. The molecule has 0 saturated carbocycles. The Balaban J connectivity index is 1.54. The molecular formula is C29H30FN5O2. The number of halogens is 1. The standard InChI is InChI=1S/C29H30FN5O2/c1-3-4-18-34(29(37)31-24-14-10-21(2)11-15-24)20-28(36)32-27-19-26(22-8-6-5-7-9-22)33-35(27)25-16-12-23(30)13-17-25/h5-17,19H,3-4,18,20H2,1-2H3,(H,31,37)(H,32,36). The third-order valence-electron chi connectivity index (χ3n) is 5.82. The number of hydrogen-bond acceptors (Lipinski definition) is 3. The normalized spacial score (nSPS) is 10.7. The zero-order valence-electron chi connectivity index (χ0n) is 20.9. The van der Waals surface area contributed by atoms with Gasteiger partial charge in [-0.1, -0.05) is 61.4 Å². The number of aromatic nitrogens is 2. The lowest BCUT2D eigenvalue weighted by molar-refractivity contribution is -0.116. The molecule has 1 heterocycles. The third-order valence-corrected chi connectivity index (χ3v) is 5.82. The van der Waals surface area contributed by atoms with Gasteiger partial charge in [0.1, 0.15) is 18.2 Å². The molecule has 0 radical (unpaired) electrons. The number of carbonyl (C=O) groups excluding carboxylic acids is 2. The SMILES string of the molecule is CCCCN(CC(=O)Nc1cc(-c2ccccc2)nn1-c1ccc(F)cc1)C(=O)Nc1ccc(C)cc1. The van der Waals surface area contributed by atoms with E-state index in [0.29, 0.717) is 29.4 Å². The van der Waals surface area contributed by atoms with Crippen LogP contribution in [-0.4, -0.2) is 39.7 Å². The highest BCUT2D eigenvalue weighted by Gasteiger charge is 2.19. The van der Waals surface area contributed by atoms with E-state index in [9.17, 15) is 14.0 Å². The average molecular weight is 500 g/mol. The number of urea groups is 1. The van der Waals surface area contributed by atoms with Crippen molar-refractivity contribution < 1.29 is 14.0 Å². The van der Waals surface area contributed by atoms with Crippen LogP contribution in [0, 0.1) is 12.7 Å². The second-order valence-corrected chi connectivity index (χ2v) is 8.79. The Hall–Kier alpha value is -4.46. The molecule has 1 aromatic heterocycles. The minimum Gasteiger partial charge on any atom is -0.315 e. The molecule has 0 atom stereocenters. The molecule has 0 spiro atoms. The molecule has 0 aliphatic carbocycles.